The molecule has 0 spiro atoms. The molecule has 1 aliphatic rings. The first-order valence-corrected chi connectivity index (χ1v) is 11.6. The smallest absolute Gasteiger partial charge is 0.367 e. The van der Waals surface area contributed by atoms with Gasteiger partial charge in [0.1, 0.15) is 17.3 Å². The highest BCUT2D eigenvalue weighted by atomic mass is 32.1. The van der Waals surface area contributed by atoms with Crippen LogP contribution in [0.15, 0.2) is 29.1 Å². The summed E-state index contributed by atoms with van der Waals surface area (Å²) in [6.45, 7) is -1.12. The third-order valence-corrected chi connectivity index (χ3v) is 6.70. The van der Waals surface area contributed by atoms with Gasteiger partial charge in [0.25, 0.3) is 5.56 Å². The molecule has 0 saturated heterocycles. The number of nitrogens with zero attached hydrogens (tertiary/aromatic N) is 1. The van der Waals surface area contributed by atoms with Crippen molar-refractivity contribution in [3.05, 3.63) is 62.0 Å². The maximum absolute atomic E-state index is 12.6. The average Bonchev–Trinajstić information content (AvgIpc) is 3.15. The van der Waals surface area contributed by atoms with Crippen molar-refractivity contribution in [2.24, 2.45) is 0 Å². The Morgan fingerprint density at radius 2 is 1.88 bits per heavy atom. The summed E-state index contributed by atoms with van der Waals surface area (Å²) in [4.78, 5) is 34.2. The minimum absolute atomic E-state index is 0.130. The van der Waals surface area contributed by atoms with Crippen molar-refractivity contribution in [3.8, 4) is 0 Å². The Bertz CT molecular complexity index is 1190. The average molecular weight is 480 g/mol. The molecule has 0 unspecified atom stereocenters. The van der Waals surface area contributed by atoms with Crippen molar-refractivity contribution < 1.29 is 22.7 Å². The van der Waals surface area contributed by atoms with Crippen molar-refractivity contribution in [2.75, 3.05) is 6.61 Å². The number of alkyl halides is 3. The fourth-order valence-corrected chi connectivity index (χ4v) is 5.17. The summed E-state index contributed by atoms with van der Waals surface area (Å²) in [6.07, 6.45) is 0.312. The van der Waals surface area contributed by atoms with Crippen LogP contribution in [-0.2, 0) is 41.9 Å². The molecule has 2 heterocycles. The zero-order valence-electron chi connectivity index (χ0n) is 17.9. The number of ether oxygens (including phenoxy) is 1. The first-order valence-electron chi connectivity index (χ1n) is 10.8. The summed E-state index contributed by atoms with van der Waals surface area (Å²) < 4.78 is 41.0. The normalized spacial score (nSPS) is 13.8. The van der Waals surface area contributed by atoms with Gasteiger partial charge >= 0.3 is 6.18 Å². The summed E-state index contributed by atoms with van der Waals surface area (Å²) in [6, 6.07) is 6.81. The van der Waals surface area contributed by atoms with Gasteiger partial charge in [-0.2, -0.15) is 13.2 Å². The van der Waals surface area contributed by atoms with E-state index in [9.17, 15) is 22.8 Å². The largest absolute Gasteiger partial charge is 0.411 e. The van der Waals surface area contributed by atoms with Crippen LogP contribution in [0.5, 0.6) is 0 Å². The molecule has 0 fully saturated rings. The predicted octanol–water partition coefficient (Wildman–Crippen LogP) is 4.19. The van der Waals surface area contributed by atoms with E-state index in [1.54, 1.807) is 35.6 Å². The molecule has 1 amide bonds. The van der Waals surface area contributed by atoms with Gasteiger partial charge in [0, 0.05) is 24.3 Å². The number of H-pyrrole nitrogens is 1. The molecule has 2 N–H and O–H groups in total. The molecule has 1 aliphatic carbocycles. The highest BCUT2D eigenvalue weighted by molar-refractivity contribution is 7.18. The van der Waals surface area contributed by atoms with Gasteiger partial charge in [0.2, 0.25) is 5.91 Å². The first-order chi connectivity index (χ1) is 15.8. The van der Waals surface area contributed by atoms with Crippen LogP contribution in [0, 0.1) is 0 Å². The third-order valence-electron chi connectivity index (χ3n) is 5.51. The van der Waals surface area contributed by atoms with E-state index < -0.39 is 12.8 Å². The third kappa shape index (κ3) is 6.20. The second-order valence-electron chi connectivity index (χ2n) is 8.10. The van der Waals surface area contributed by atoms with Gasteiger partial charge in [-0.05, 0) is 42.4 Å². The number of hydrogen-bond acceptors (Lipinski definition) is 5. The van der Waals surface area contributed by atoms with Gasteiger partial charge in [-0.1, -0.05) is 24.3 Å². The maximum Gasteiger partial charge on any atom is 0.411 e. The molecule has 0 bridgehead atoms. The number of halogens is 3. The summed E-state index contributed by atoms with van der Waals surface area (Å²) in [5, 5.41) is 3.51. The zero-order chi connectivity index (χ0) is 23.4. The van der Waals surface area contributed by atoms with E-state index in [1.807, 2.05) is 0 Å². The summed E-state index contributed by atoms with van der Waals surface area (Å²) >= 11 is 1.58. The van der Waals surface area contributed by atoms with Crippen LogP contribution in [0.1, 0.15) is 46.7 Å². The van der Waals surface area contributed by atoms with Gasteiger partial charge in [-0.15, -0.1) is 11.3 Å². The van der Waals surface area contributed by atoms with E-state index >= 15 is 0 Å². The molecule has 176 valence electrons. The molecule has 33 heavy (non-hydrogen) atoms. The SMILES string of the molecule is O=C(CCc1nc2sc3c(c2c(=O)[nH]1)CCCC3)NCc1ccc(COCC(F)(F)F)cc1. The van der Waals surface area contributed by atoms with Crippen molar-refractivity contribution in [1.82, 2.24) is 15.3 Å². The number of fused-ring (bicyclic) bond motifs is 3. The van der Waals surface area contributed by atoms with Crippen molar-refractivity contribution >= 4 is 27.5 Å². The number of thiophene rings is 1. The Morgan fingerprint density at radius 3 is 2.64 bits per heavy atom. The molecule has 0 saturated carbocycles. The van der Waals surface area contributed by atoms with Crippen molar-refractivity contribution in [1.29, 1.82) is 0 Å². The first kappa shape index (κ1) is 23.4. The number of amides is 1. The number of aromatic amines is 1. The van der Waals surface area contributed by atoms with Gasteiger partial charge < -0.3 is 15.0 Å². The van der Waals surface area contributed by atoms with Crippen LogP contribution in [0.25, 0.3) is 10.2 Å². The van der Waals surface area contributed by atoms with E-state index in [2.05, 4.69) is 20.0 Å². The number of aromatic nitrogens is 2. The minimum atomic E-state index is -4.35. The lowest BCUT2D eigenvalue weighted by Crippen LogP contribution is -2.23. The molecule has 1 aromatic carbocycles. The number of hydrogen-bond donors (Lipinski definition) is 2. The second kappa shape index (κ2) is 10.0. The van der Waals surface area contributed by atoms with Gasteiger partial charge in [0.05, 0.1) is 12.0 Å². The quantitative estimate of drug-likeness (QED) is 0.508. The fourth-order valence-electron chi connectivity index (χ4n) is 3.89. The van der Waals surface area contributed by atoms with Gasteiger partial charge in [-0.25, -0.2) is 4.98 Å². The topological polar surface area (TPSA) is 84.1 Å². The number of nitrogens with one attached hydrogen (secondary N) is 2. The van der Waals surface area contributed by atoms with Gasteiger partial charge in [0.15, 0.2) is 0 Å². The Morgan fingerprint density at radius 1 is 1.15 bits per heavy atom. The lowest BCUT2D eigenvalue weighted by Gasteiger charge is -2.09. The van der Waals surface area contributed by atoms with Crippen LogP contribution in [0.4, 0.5) is 13.2 Å². The van der Waals surface area contributed by atoms with Crippen molar-refractivity contribution in [2.45, 2.75) is 57.9 Å². The van der Waals surface area contributed by atoms with E-state index in [4.69, 9.17) is 0 Å². The number of benzene rings is 1. The zero-order valence-corrected chi connectivity index (χ0v) is 18.7. The standard InChI is InChI=1S/C23H24F3N3O3S/c24-23(25,26)13-32-12-15-7-5-14(6-8-15)11-27-19(30)10-9-18-28-21(31)20-16-3-1-2-4-17(16)33-22(20)29-18/h5-8H,1-4,9-13H2,(H,27,30)(H,28,29,31). The minimum Gasteiger partial charge on any atom is -0.367 e. The van der Waals surface area contributed by atoms with E-state index in [1.165, 1.54) is 4.88 Å². The molecular weight excluding hydrogens is 455 g/mol. The summed E-state index contributed by atoms with van der Waals surface area (Å²) in [5.74, 6) is 0.324. The Labute approximate surface area is 192 Å². The van der Waals surface area contributed by atoms with E-state index in [-0.39, 0.29) is 24.5 Å². The molecule has 2 aromatic heterocycles. The predicted molar refractivity (Wildman–Crippen MR) is 119 cm³/mol. The van der Waals surface area contributed by atoms with Crippen LogP contribution >= 0.6 is 11.3 Å². The molecule has 0 radical (unpaired) electrons. The summed E-state index contributed by atoms with van der Waals surface area (Å²) in [7, 11) is 0. The number of carbonyl (C=O) groups excluding carboxylic acids is 1. The Kier molecular flexibility index (Phi) is 7.14. The van der Waals surface area contributed by atoms with Crippen LogP contribution in [0.3, 0.4) is 0 Å². The monoisotopic (exact) mass is 479 g/mol. The molecular formula is C23H24F3N3O3S. The van der Waals surface area contributed by atoms with Crippen LogP contribution < -0.4 is 10.9 Å². The second-order valence-corrected chi connectivity index (χ2v) is 9.19. The number of carbonyl (C=O) groups is 1. The molecule has 3 aromatic rings. The van der Waals surface area contributed by atoms with E-state index in [0.29, 0.717) is 29.7 Å². The number of rotatable bonds is 8. The fraction of sp³-hybridized carbons (Fsp3) is 0.435. The van der Waals surface area contributed by atoms with Crippen LogP contribution in [-0.4, -0.2) is 28.7 Å². The lowest BCUT2D eigenvalue weighted by molar-refractivity contribution is -0.176. The van der Waals surface area contributed by atoms with Crippen molar-refractivity contribution in [3.63, 3.8) is 0 Å². The molecule has 10 heteroatoms. The highest BCUT2D eigenvalue weighted by Crippen LogP contribution is 2.33. The molecule has 4 rings (SSSR count). The molecule has 0 aliphatic heterocycles. The Hall–Kier alpha value is -2.72. The lowest BCUT2D eigenvalue weighted by atomic mass is 9.97. The molecule has 0 atom stereocenters. The number of aryl methyl sites for hydroxylation is 3. The maximum atomic E-state index is 12.6. The molecule has 6 nitrogen and oxygen atoms in total. The van der Waals surface area contributed by atoms with Gasteiger partial charge in [-0.3, -0.25) is 9.59 Å². The highest BCUT2D eigenvalue weighted by Gasteiger charge is 2.27. The van der Waals surface area contributed by atoms with Crippen LogP contribution in [0.2, 0.25) is 0 Å². The Balaban J connectivity index is 1.26. The van der Waals surface area contributed by atoms with E-state index in [0.717, 1.165) is 41.6 Å². The summed E-state index contributed by atoms with van der Waals surface area (Å²) in [5.41, 5.74) is 2.45.